The molecule has 0 aliphatic heterocycles. The number of hydrogen-bond donors (Lipinski definition) is 1. The van der Waals surface area contributed by atoms with Gasteiger partial charge in [0, 0.05) is 6.42 Å². The van der Waals surface area contributed by atoms with Gasteiger partial charge < -0.3 is 18.8 Å². The number of benzene rings is 3. The van der Waals surface area contributed by atoms with E-state index in [1.165, 1.54) is 0 Å². The standard InChI is InChI=1S/C27H30N3O3/c1-30(2,19-12-20-32-24-17-10-5-11-18-24)21-25-28-26(29-33-25)27(31,22-13-6-3-7-14-22)23-15-8-4-9-16-23/h3-11,13-18,31H,12,19-21H2,1-2H3/q+1. The van der Waals surface area contributed by atoms with Gasteiger partial charge in [0.05, 0.1) is 27.2 Å². The molecule has 1 heterocycles. The Kier molecular flexibility index (Phi) is 6.87. The molecular formula is C27H30N3O3+. The summed E-state index contributed by atoms with van der Waals surface area (Å²) in [4.78, 5) is 4.62. The summed E-state index contributed by atoms with van der Waals surface area (Å²) < 4.78 is 12.1. The summed E-state index contributed by atoms with van der Waals surface area (Å²) in [6.07, 6.45) is 0.890. The Bertz CT molecular complexity index is 1090. The molecule has 0 unspecified atom stereocenters. The van der Waals surface area contributed by atoms with Gasteiger partial charge in [-0.1, -0.05) is 84.0 Å². The van der Waals surface area contributed by atoms with Gasteiger partial charge in [-0.05, 0) is 23.3 Å². The van der Waals surface area contributed by atoms with Crippen molar-refractivity contribution in [1.29, 1.82) is 0 Å². The van der Waals surface area contributed by atoms with E-state index < -0.39 is 5.60 Å². The lowest BCUT2D eigenvalue weighted by atomic mass is 9.85. The molecule has 0 aliphatic rings. The van der Waals surface area contributed by atoms with Gasteiger partial charge in [0.2, 0.25) is 5.82 Å². The number of aliphatic hydroxyl groups is 1. The van der Waals surface area contributed by atoms with Crippen LogP contribution in [0.4, 0.5) is 0 Å². The molecule has 0 spiro atoms. The van der Waals surface area contributed by atoms with Gasteiger partial charge in [0.15, 0.2) is 12.1 Å². The van der Waals surface area contributed by atoms with Crippen LogP contribution in [0, 0.1) is 0 Å². The molecule has 1 N–H and O–H groups in total. The molecule has 0 bridgehead atoms. The average molecular weight is 445 g/mol. The number of aromatic nitrogens is 2. The van der Waals surface area contributed by atoms with Crippen LogP contribution in [-0.4, -0.2) is 47.0 Å². The van der Waals surface area contributed by atoms with E-state index in [0.29, 0.717) is 34.7 Å². The SMILES string of the molecule is C[N+](C)(CCCOc1ccccc1)Cc1nc(C(O)(c2ccccc2)c2ccccc2)no1. The Morgan fingerprint density at radius 2 is 1.39 bits per heavy atom. The number of ether oxygens (including phenoxy) is 1. The van der Waals surface area contributed by atoms with Crippen molar-refractivity contribution in [3.8, 4) is 5.75 Å². The molecule has 0 atom stereocenters. The third-order valence-electron chi connectivity index (χ3n) is 5.66. The van der Waals surface area contributed by atoms with E-state index >= 15 is 0 Å². The van der Waals surface area contributed by atoms with Gasteiger partial charge >= 0.3 is 0 Å². The maximum absolute atomic E-state index is 11.8. The number of nitrogens with zero attached hydrogens (tertiary/aromatic N) is 3. The number of quaternary nitrogens is 1. The lowest BCUT2D eigenvalue weighted by molar-refractivity contribution is -0.905. The molecule has 3 aromatic carbocycles. The van der Waals surface area contributed by atoms with Crippen LogP contribution >= 0.6 is 0 Å². The van der Waals surface area contributed by atoms with E-state index in [4.69, 9.17) is 9.26 Å². The minimum absolute atomic E-state index is 0.238. The van der Waals surface area contributed by atoms with Crippen molar-refractivity contribution in [2.24, 2.45) is 0 Å². The van der Waals surface area contributed by atoms with E-state index in [2.05, 4.69) is 24.2 Å². The molecule has 6 nitrogen and oxygen atoms in total. The molecule has 4 rings (SSSR count). The van der Waals surface area contributed by atoms with Gasteiger partial charge in [0.1, 0.15) is 5.75 Å². The zero-order valence-electron chi connectivity index (χ0n) is 19.1. The molecule has 0 amide bonds. The van der Waals surface area contributed by atoms with E-state index in [0.717, 1.165) is 18.7 Å². The van der Waals surface area contributed by atoms with Crippen molar-refractivity contribution < 1.29 is 18.8 Å². The highest BCUT2D eigenvalue weighted by Crippen LogP contribution is 2.34. The summed E-state index contributed by atoms with van der Waals surface area (Å²) in [6.45, 7) is 2.08. The molecule has 1 aromatic heterocycles. The Morgan fingerprint density at radius 3 is 1.97 bits per heavy atom. The molecule has 33 heavy (non-hydrogen) atoms. The summed E-state index contributed by atoms with van der Waals surface area (Å²) >= 11 is 0. The summed E-state index contributed by atoms with van der Waals surface area (Å²) in [6, 6.07) is 28.7. The molecule has 170 valence electrons. The highest BCUT2D eigenvalue weighted by molar-refractivity contribution is 5.41. The highest BCUT2D eigenvalue weighted by Gasteiger charge is 2.39. The first-order valence-electron chi connectivity index (χ1n) is 11.1. The molecular weight excluding hydrogens is 414 g/mol. The summed E-state index contributed by atoms with van der Waals surface area (Å²) in [7, 11) is 4.24. The smallest absolute Gasteiger partial charge is 0.282 e. The first-order valence-corrected chi connectivity index (χ1v) is 11.1. The minimum atomic E-state index is -1.50. The third kappa shape index (κ3) is 5.48. The maximum Gasteiger partial charge on any atom is 0.282 e. The molecule has 0 aliphatic carbocycles. The Hall–Kier alpha value is -3.48. The zero-order chi connectivity index (χ0) is 23.2. The number of rotatable bonds is 10. The quantitative estimate of drug-likeness (QED) is 0.290. The van der Waals surface area contributed by atoms with Crippen molar-refractivity contribution in [3.63, 3.8) is 0 Å². The fraction of sp³-hybridized carbons (Fsp3) is 0.259. The lowest BCUT2D eigenvalue weighted by Gasteiger charge is -2.28. The molecule has 0 saturated heterocycles. The summed E-state index contributed by atoms with van der Waals surface area (Å²) in [5.41, 5.74) is -0.115. The predicted molar refractivity (Wildman–Crippen MR) is 127 cm³/mol. The fourth-order valence-electron chi connectivity index (χ4n) is 3.89. The molecule has 0 radical (unpaired) electrons. The average Bonchev–Trinajstić information content (AvgIpc) is 3.31. The Morgan fingerprint density at radius 1 is 0.848 bits per heavy atom. The Labute approximate surface area is 194 Å². The first kappa shape index (κ1) is 22.7. The van der Waals surface area contributed by atoms with Crippen LogP contribution in [0.15, 0.2) is 95.5 Å². The van der Waals surface area contributed by atoms with Crippen molar-refractivity contribution in [1.82, 2.24) is 10.1 Å². The second-order valence-corrected chi connectivity index (χ2v) is 8.79. The largest absolute Gasteiger partial charge is 0.493 e. The van der Waals surface area contributed by atoms with Crippen molar-refractivity contribution in [2.75, 3.05) is 27.2 Å². The zero-order valence-corrected chi connectivity index (χ0v) is 19.1. The van der Waals surface area contributed by atoms with Gasteiger partial charge in [-0.15, -0.1) is 0 Å². The fourth-order valence-corrected chi connectivity index (χ4v) is 3.89. The van der Waals surface area contributed by atoms with E-state index in [9.17, 15) is 5.11 Å². The molecule has 4 aromatic rings. The van der Waals surface area contributed by atoms with Gasteiger partial charge in [-0.3, -0.25) is 0 Å². The predicted octanol–water partition coefficient (Wildman–Crippen LogP) is 4.40. The number of hydrogen-bond acceptors (Lipinski definition) is 5. The maximum atomic E-state index is 11.8. The van der Waals surface area contributed by atoms with Crippen LogP contribution in [0.1, 0.15) is 29.3 Å². The van der Waals surface area contributed by atoms with Crippen LogP contribution in [0.2, 0.25) is 0 Å². The van der Waals surface area contributed by atoms with Gasteiger partial charge in [-0.25, -0.2) is 0 Å². The van der Waals surface area contributed by atoms with Gasteiger partial charge in [-0.2, -0.15) is 4.98 Å². The topological polar surface area (TPSA) is 68.4 Å². The van der Waals surface area contributed by atoms with Crippen LogP contribution < -0.4 is 4.74 Å². The summed E-state index contributed by atoms with van der Waals surface area (Å²) in [5, 5.41) is 16.0. The number of para-hydroxylation sites is 1. The van der Waals surface area contributed by atoms with Crippen molar-refractivity contribution >= 4 is 0 Å². The molecule has 0 fully saturated rings. The molecule has 0 saturated carbocycles. The first-order chi connectivity index (χ1) is 16.0. The van der Waals surface area contributed by atoms with Gasteiger partial charge in [0.25, 0.3) is 5.89 Å². The van der Waals surface area contributed by atoms with E-state index in [1.807, 2.05) is 91.0 Å². The van der Waals surface area contributed by atoms with E-state index in [-0.39, 0.29) is 5.82 Å². The van der Waals surface area contributed by atoms with Crippen molar-refractivity contribution in [3.05, 3.63) is 114 Å². The molecule has 6 heteroatoms. The second-order valence-electron chi connectivity index (χ2n) is 8.79. The third-order valence-corrected chi connectivity index (χ3v) is 5.66. The summed E-state index contributed by atoms with van der Waals surface area (Å²) in [5.74, 6) is 1.61. The lowest BCUT2D eigenvalue weighted by Crippen LogP contribution is -2.40. The van der Waals surface area contributed by atoms with Crippen LogP contribution in [0.25, 0.3) is 0 Å². The van der Waals surface area contributed by atoms with Crippen LogP contribution in [-0.2, 0) is 12.1 Å². The Balaban J connectivity index is 1.46. The van der Waals surface area contributed by atoms with Crippen molar-refractivity contribution in [2.45, 2.75) is 18.6 Å². The van der Waals surface area contributed by atoms with Crippen LogP contribution in [0.3, 0.4) is 0 Å². The monoisotopic (exact) mass is 444 g/mol. The second kappa shape index (κ2) is 9.98. The minimum Gasteiger partial charge on any atom is -0.493 e. The highest BCUT2D eigenvalue weighted by atomic mass is 16.5. The van der Waals surface area contributed by atoms with Crippen LogP contribution in [0.5, 0.6) is 5.75 Å². The van der Waals surface area contributed by atoms with E-state index in [1.54, 1.807) is 0 Å². The normalized spacial score (nSPS) is 12.0.